The number of benzene rings is 4. The average Bonchev–Trinajstić information content (AvgIpc) is 3.14. The van der Waals surface area contributed by atoms with Gasteiger partial charge in [-0.2, -0.15) is 0 Å². The Morgan fingerprint density at radius 2 is 1.47 bits per heavy atom. The maximum atomic E-state index is 12.9. The summed E-state index contributed by atoms with van der Waals surface area (Å²) < 4.78 is 22.2. The second-order valence-corrected chi connectivity index (χ2v) is 11.8. The number of carboxylic acid groups (broad SMARTS) is 1. The van der Waals surface area contributed by atoms with E-state index in [1.54, 1.807) is 48.5 Å². The molecule has 11 nitrogen and oxygen atoms in total. The van der Waals surface area contributed by atoms with Crippen molar-refractivity contribution in [3.63, 3.8) is 0 Å². The van der Waals surface area contributed by atoms with E-state index < -0.39 is 23.9 Å². The molecular weight excluding hydrogens is 652 g/mol. The normalized spacial score (nSPS) is 11.3. The summed E-state index contributed by atoms with van der Waals surface area (Å²) in [6.07, 6.45) is 5.63. The maximum absolute atomic E-state index is 12.9. The Morgan fingerprint density at radius 1 is 0.765 bits per heavy atom. The number of esters is 1. The lowest BCUT2D eigenvalue weighted by Crippen LogP contribution is -2.42. The summed E-state index contributed by atoms with van der Waals surface area (Å²) in [6.45, 7) is 2.95. The van der Waals surface area contributed by atoms with Gasteiger partial charge in [0.25, 0.3) is 5.91 Å². The van der Waals surface area contributed by atoms with Gasteiger partial charge in [0.2, 0.25) is 5.91 Å². The third-order valence-electron chi connectivity index (χ3n) is 7.86. The van der Waals surface area contributed by atoms with E-state index in [9.17, 15) is 24.3 Å². The predicted molar refractivity (Wildman–Crippen MR) is 192 cm³/mol. The molecule has 1 unspecified atom stereocenters. The highest BCUT2D eigenvalue weighted by molar-refractivity contribution is 5.98. The summed E-state index contributed by atoms with van der Waals surface area (Å²) in [6, 6.07) is 25.6. The Hall–Kier alpha value is -5.68. The number of carboxylic acids is 1. The van der Waals surface area contributed by atoms with E-state index in [1.165, 1.54) is 44.6 Å². The van der Waals surface area contributed by atoms with Gasteiger partial charge in [0.1, 0.15) is 18.4 Å². The van der Waals surface area contributed by atoms with Crippen LogP contribution in [0.15, 0.2) is 97.1 Å². The van der Waals surface area contributed by atoms with Gasteiger partial charge < -0.3 is 34.7 Å². The van der Waals surface area contributed by atoms with Gasteiger partial charge in [-0.15, -0.1) is 0 Å². The molecule has 268 valence electrons. The van der Waals surface area contributed by atoms with Crippen LogP contribution in [0.2, 0.25) is 0 Å². The number of anilines is 1. The van der Waals surface area contributed by atoms with Crippen LogP contribution in [0.4, 0.5) is 5.69 Å². The molecule has 0 saturated carbocycles. The van der Waals surface area contributed by atoms with Gasteiger partial charge in [0, 0.05) is 17.7 Å². The molecule has 0 saturated heterocycles. The number of hydrogen-bond donors (Lipinski definition) is 3. The Labute approximate surface area is 297 Å². The highest BCUT2D eigenvalue weighted by Crippen LogP contribution is 2.30. The maximum Gasteiger partial charge on any atom is 0.343 e. The molecule has 0 aromatic heterocycles. The number of carbonyl (C=O) groups is 4. The van der Waals surface area contributed by atoms with Crippen LogP contribution < -0.4 is 24.8 Å². The van der Waals surface area contributed by atoms with E-state index in [4.69, 9.17) is 18.9 Å². The average molecular weight is 697 g/mol. The molecule has 3 N–H and O–H groups in total. The van der Waals surface area contributed by atoms with Crippen molar-refractivity contribution in [1.82, 2.24) is 5.32 Å². The lowest BCUT2D eigenvalue weighted by atomic mass is 10.0. The van der Waals surface area contributed by atoms with E-state index >= 15 is 0 Å². The quantitative estimate of drug-likeness (QED) is 0.0513. The number of aliphatic carboxylic acids is 1. The molecule has 0 aliphatic carbocycles. The monoisotopic (exact) mass is 696 g/mol. The van der Waals surface area contributed by atoms with Crippen molar-refractivity contribution in [2.45, 2.75) is 58.1 Å². The van der Waals surface area contributed by atoms with Crippen molar-refractivity contribution in [1.29, 1.82) is 0 Å². The third-order valence-corrected chi connectivity index (χ3v) is 7.86. The van der Waals surface area contributed by atoms with Gasteiger partial charge in [0.05, 0.1) is 25.9 Å². The summed E-state index contributed by atoms with van der Waals surface area (Å²) in [5.74, 6) is -1.73. The summed E-state index contributed by atoms with van der Waals surface area (Å²) in [4.78, 5) is 50.1. The SMILES string of the molecule is CCCCCCCOc1ccc(C(=O)Oc2ccc(CC(NC(=O)c3ccc(NC(=O)COCc4ccccc4)cc3)C(=O)O)cc2OC)cc1. The molecule has 0 radical (unpaired) electrons. The number of methoxy groups -OCH3 is 1. The fourth-order valence-electron chi connectivity index (χ4n) is 5.08. The number of carbonyl (C=O) groups excluding carboxylic acids is 3. The van der Waals surface area contributed by atoms with Crippen LogP contribution in [0.3, 0.4) is 0 Å². The van der Waals surface area contributed by atoms with Crippen molar-refractivity contribution in [2.75, 3.05) is 25.6 Å². The lowest BCUT2D eigenvalue weighted by Gasteiger charge is -2.16. The van der Waals surface area contributed by atoms with Gasteiger partial charge >= 0.3 is 11.9 Å². The van der Waals surface area contributed by atoms with E-state index in [0.29, 0.717) is 35.8 Å². The molecule has 4 aromatic rings. The van der Waals surface area contributed by atoms with Gasteiger partial charge in [-0.05, 0) is 78.2 Å². The molecular formula is C40H44N2O9. The van der Waals surface area contributed by atoms with Crippen LogP contribution >= 0.6 is 0 Å². The van der Waals surface area contributed by atoms with Gasteiger partial charge in [-0.3, -0.25) is 9.59 Å². The second-order valence-electron chi connectivity index (χ2n) is 11.8. The van der Waals surface area contributed by atoms with Crippen LogP contribution in [-0.2, 0) is 27.4 Å². The minimum atomic E-state index is -1.27. The molecule has 11 heteroatoms. The molecule has 2 amide bonds. The topological polar surface area (TPSA) is 149 Å². The Balaban J connectivity index is 1.27. The molecule has 0 fully saturated rings. The number of amides is 2. The number of nitrogens with one attached hydrogen (secondary N) is 2. The fraction of sp³-hybridized carbons (Fsp3) is 0.300. The van der Waals surface area contributed by atoms with Crippen LogP contribution in [-0.4, -0.2) is 55.2 Å². The summed E-state index contributed by atoms with van der Waals surface area (Å²) in [5.41, 5.74) is 2.47. The largest absolute Gasteiger partial charge is 0.494 e. The van der Waals surface area contributed by atoms with Crippen molar-refractivity contribution in [2.24, 2.45) is 0 Å². The van der Waals surface area contributed by atoms with Gasteiger partial charge in [-0.25, -0.2) is 9.59 Å². The molecule has 0 aliphatic heterocycles. The first kappa shape index (κ1) is 38.1. The van der Waals surface area contributed by atoms with Crippen LogP contribution in [0.1, 0.15) is 70.9 Å². The molecule has 4 aromatic carbocycles. The molecule has 0 spiro atoms. The summed E-state index contributed by atoms with van der Waals surface area (Å²) in [5, 5.41) is 15.1. The minimum absolute atomic E-state index is 0.0666. The first-order valence-corrected chi connectivity index (χ1v) is 16.9. The number of ether oxygens (including phenoxy) is 4. The first-order valence-electron chi connectivity index (χ1n) is 16.9. The molecule has 4 rings (SSSR count). The fourth-order valence-corrected chi connectivity index (χ4v) is 5.08. The zero-order valence-electron chi connectivity index (χ0n) is 28.9. The smallest absolute Gasteiger partial charge is 0.343 e. The van der Waals surface area contributed by atoms with E-state index in [0.717, 1.165) is 18.4 Å². The highest BCUT2D eigenvalue weighted by atomic mass is 16.6. The lowest BCUT2D eigenvalue weighted by molar-refractivity contribution is -0.139. The Kier molecular flexibility index (Phi) is 15.0. The van der Waals surface area contributed by atoms with Crippen molar-refractivity contribution < 1.29 is 43.2 Å². The molecule has 1 atom stereocenters. The Morgan fingerprint density at radius 3 is 2.16 bits per heavy atom. The predicted octanol–water partition coefficient (Wildman–Crippen LogP) is 6.84. The molecule has 0 heterocycles. The minimum Gasteiger partial charge on any atom is -0.494 e. The standard InChI is InChI=1S/C40H44N2O9/c1-3-4-5-6-10-23-50-33-20-16-31(17-21-33)40(47)51-35-22-13-29(25-36(35)48-2)24-34(39(45)46)42-38(44)30-14-18-32(19-15-30)41-37(43)27-49-26-28-11-8-7-9-12-28/h7-9,11-22,25,34H,3-6,10,23-24,26-27H2,1-2H3,(H,41,43)(H,42,44)(H,45,46). The van der Waals surface area contributed by atoms with Gasteiger partial charge in [0.15, 0.2) is 11.5 Å². The zero-order valence-corrected chi connectivity index (χ0v) is 28.9. The zero-order chi connectivity index (χ0) is 36.4. The van der Waals surface area contributed by atoms with Gasteiger partial charge in [-0.1, -0.05) is 69.0 Å². The summed E-state index contributed by atoms with van der Waals surface area (Å²) >= 11 is 0. The van der Waals surface area contributed by atoms with Crippen molar-refractivity contribution >= 4 is 29.4 Å². The third kappa shape index (κ3) is 12.6. The number of unbranched alkanes of at least 4 members (excludes halogenated alkanes) is 4. The first-order chi connectivity index (χ1) is 24.7. The van der Waals surface area contributed by atoms with E-state index in [-0.39, 0.29) is 36.0 Å². The molecule has 0 aliphatic rings. The second kappa shape index (κ2) is 20.1. The van der Waals surface area contributed by atoms with E-state index in [2.05, 4.69) is 17.6 Å². The number of hydrogen-bond acceptors (Lipinski definition) is 8. The van der Waals surface area contributed by atoms with E-state index in [1.807, 2.05) is 30.3 Å². The van der Waals surface area contributed by atoms with Crippen LogP contribution in [0.5, 0.6) is 17.2 Å². The number of rotatable bonds is 20. The summed E-state index contributed by atoms with van der Waals surface area (Å²) in [7, 11) is 1.41. The van der Waals surface area contributed by atoms with Crippen LogP contribution in [0, 0.1) is 0 Å². The Bertz CT molecular complexity index is 1730. The highest BCUT2D eigenvalue weighted by Gasteiger charge is 2.23. The molecule has 0 bridgehead atoms. The van der Waals surface area contributed by atoms with Crippen molar-refractivity contribution in [3.05, 3.63) is 119 Å². The van der Waals surface area contributed by atoms with Crippen LogP contribution in [0.25, 0.3) is 0 Å². The molecule has 51 heavy (non-hydrogen) atoms. The van der Waals surface area contributed by atoms with Crippen molar-refractivity contribution in [3.8, 4) is 17.2 Å².